The van der Waals surface area contributed by atoms with Crippen LogP contribution >= 0.6 is 0 Å². The average molecular weight is 328 g/mol. The number of nitrogens with zero attached hydrogens (tertiary/aromatic N) is 1. The summed E-state index contributed by atoms with van der Waals surface area (Å²) < 4.78 is 5.19. The third-order valence-electron chi connectivity index (χ3n) is 4.21. The molecule has 1 aromatic heterocycles. The van der Waals surface area contributed by atoms with Crippen LogP contribution in [0.5, 0.6) is 0 Å². The maximum absolute atomic E-state index is 12.1. The van der Waals surface area contributed by atoms with Crippen LogP contribution in [0.4, 0.5) is 0 Å². The summed E-state index contributed by atoms with van der Waals surface area (Å²) in [5.41, 5.74) is 1.67. The van der Waals surface area contributed by atoms with E-state index in [0.717, 1.165) is 23.9 Å². The summed E-state index contributed by atoms with van der Waals surface area (Å²) in [6.07, 6.45) is 1.59. The van der Waals surface area contributed by atoms with E-state index < -0.39 is 5.63 Å². The average Bonchev–Trinajstić information content (AvgIpc) is 2.92. The number of likely N-dealkylation sites (tertiary alicyclic amines) is 1. The van der Waals surface area contributed by atoms with Gasteiger partial charge in [0.1, 0.15) is 5.58 Å². The molecule has 6 heteroatoms. The Hall–Kier alpha value is -2.63. The maximum atomic E-state index is 12.1. The summed E-state index contributed by atoms with van der Waals surface area (Å²) >= 11 is 0. The molecule has 3 rings (SSSR count). The van der Waals surface area contributed by atoms with Crippen molar-refractivity contribution in [1.82, 2.24) is 10.2 Å². The van der Waals surface area contributed by atoms with Crippen molar-refractivity contribution < 1.29 is 14.0 Å². The van der Waals surface area contributed by atoms with Gasteiger partial charge in [-0.15, -0.1) is 0 Å². The molecule has 2 aromatic rings. The van der Waals surface area contributed by atoms with Crippen LogP contribution in [0.3, 0.4) is 0 Å². The number of amides is 2. The third kappa shape index (κ3) is 3.64. The smallest absolute Gasteiger partial charge is 0.336 e. The van der Waals surface area contributed by atoms with Crippen molar-refractivity contribution in [3.05, 3.63) is 45.8 Å². The Balaban J connectivity index is 1.65. The Morgan fingerprint density at radius 3 is 2.88 bits per heavy atom. The quantitative estimate of drug-likeness (QED) is 0.841. The molecule has 0 atom stereocenters. The van der Waals surface area contributed by atoms with Crippen LogP contribution in [0.15, 0.2) is 33.5 Å². The molecule has 0 aliphatic carbocycles. The lowest BCUT2D eigenvalue weighted by atomic mass is 10.1. The molecule has 2 amide bonds. The molecule has 1 aliphatic rings. The third-order valence-corrected chi connectivity index (χ3v) is 4.21. The molecule has 126 valence electrons. The first-order chi connectivity index (χ1) is 11.5. The summed E-state index contributed by atoms with van der Waals surface area (Å²) in [6, 6.07) is 6.93. The molecule has 0 bridgehead atoms. The summed E-state index contributed by atoms with van der Waals surface area (Å²) in [5, 5.41) is 3.58. The minimum Gasteiger partial charge on any atom is -0.423 e. The second-order valence-electron chi connectivity index (χ2n) is 6.10. The van der Waals surface area contributed by atoms with E-state index in [1.807, 2.05) is 19.1 Å². The number of hydrogen-bond acceptors (Lipinski definition) is 4. The van der Waals surface area contributed by atoms with E-state index in [-0.39, 0.29) is 18.2 Å². The number of nitrogens with one attached hydrogen (secondary N) is 1. The first kappa shape index (κ1) is 16.2. The van der Waals surface area contributed by atoms with Crippen molar-refractivity contribution in [3.8, 4) is 0 Å². The summed E-state index contributed by atoms with van der Waals surface area (Å²) in [7, 11) is 0. The van der Waals surface area contributed by atoms with Gasteiger partial charge >= 0.3 is 5.63 Å². The van der Waals surface area contributed by atoms with Gasteiger partial charge in [-0.3, -0.25) is 9.59 Å². The van der Waals surface area contributed by atoms with Crippen molar-refractivity contribution in [2.75, 3.05) is 19.6 Å². The van der Waals surface area contributed by atoms with E-state index in [4.69, 9.17) is 4.42 Å². The van der Waals surface area contributed by atoms with Crippen molar-refractivity contribution >= 4 is 22.8 Å². The van der Waals surface area contributed by atoms with Crippen LogP contribution in [0, 0.1) is 6.92 Å². The molecule has 0 saturated carbocycles. The van der Waals surface area contributed by atoms with E-state index in [9.17, 15) is 14.4 Å². The summed E-state index contributed by atoms with van der Waals surface area (Å²) in [4.78, 5) is 37.1. The van der Waals surface area contributed by atoms with E-state index >= 15 is 0 Å². The molecule has 1 fully saturated rings. The van der Waals surface area contributed by atoms with Crippen molar-refractivity contribution in [1.29, 1.82) is 0 Å². The number of fused-ring (bicyclic) bond motifs is 1. The minimum atomic E-state index is -0.460. The monoisotopic (exact) mass is 328 g/mol. The number of carbonyl (C=O) groups excluding carboxylic acids is 2. The van der Waals surface area contributed by atoms with E-state index in [1.54, 1.807) is 11.0 Å². The minimum absolute atomic E-state index is 0.110. The highest BCUT2D eigenvalue weighted by Crippen LogP contribution is 2.18. The van der Waals surface area contributed by atoms with Gasteiger partial charge in [-0.1, -0.05) is 12.1 Å². The highest BCUT2D eigenvalue weighted by atomic mass is 16.4. The van der Waals surface area contributed by atoms with Crippen LogP contribution in [0.1, 0.15) is 24.0 Å². The van der Waals surface area contributed by atoms with Gasteiger partial charge in [0.15, 0.2) is 0 Å². The summed E-state index contributed by atoms with van der Waals surface area (Å²) in [6.45, 7) is 3.63. The highest BCUT2D eigenvalue weighted by Gasteiger charge is 2.19. The highest BCUT2D eigenvalue weighted by molar-refractivity contribution is 5.87. The van der Waals surface area contributed by atoms with Gasteiger partial charge in [0.2, 0.25) is 11.8 Å². The molecule has 0 unspecified atom stereocenters. The normalized spacial score (nSPS) is 14.4. The van der Waals surface area contributed by atoms with Crippen LogP contribution in [0.25, 0.3) is 11.0 Å². The molecule has 1 saturated heterocycles. The van der Waals surface area contributed by atoms with E-state index in [2.05, 4.69) is 5.32 Å². The van der Waals surface area contributed by atoms with Crippen LogP contribution in [0.2, 0.25) is 0 Å². The van der Waals surface area contributed by atoms with Gasteiger partial charge in [-0.25, -0.2) is 4.79 Å². The number of aryl methyl sites for hydroxylation is 1. The summed E-state index contributed by atoms with van der Waals surface area (Å²) in [5.74, 6) is -0.0274. The fourth-order valence-corrected chi connectivity index (χ4v) is 2.99. The predicted octanol–water partition coefficient (Wildman–Crippen LogP) is 1.38. The predicted molar refractivity (Wildman–Crippen MR) is 89.7 cm³/mol. The fourth-order valence-electron chi connectivity index (χ4n) is 2.99. The Kier molecular flexibility index (Phi) is 4.64. The second-order valence-corrected chi connectivity index (χ2v) is 6.10. The molecule has 1 aromatic carbocycles. The molecule has 2 heterocycles. The first-order valence-electron chi connectivity index (χ1n) is 8.11. The molecule has 1 N–H and O–H groups in total. The van der Waals surface area contributed by atoms with Gasteiger partial charge < -0.3 is 14.6 Å². The molecule has 0 radical (unpaired) electrons. The largest absolute Gasteiger partial charge is 0.423 e. The fraction of sp³-hybridized carbons (Fsp3) is 0.389. The first-order valence-corrected chi connectivity index (χ1v) is 8.11. The van der Waals surface area contributed by atoms with Crippen LogP contribution < -0.4 is 10.9 Å². The van der Waals surface area contributed by atoms with E-state index in [0.29, 0.717) is 30.7 Å². The van der Waals surface area contributed by atoms with Gasteiger partial charge in [0.05, 0.1) is 6.42 Å². The Labute approximate surface area is 139 Å². The Morgan fingerprint density at radius 2 is 2.12 bits per heavy atom. The molecular weight excluding hydrogens is 308 g/mol. The van der Waals surface area contributed by atoms with Crippen molar-refractivity contribution in [3.63, 3.8) is 0 Å². The lowest BCUT2D eigenvalue weighted by molar-refractivity contribution is -0.128. The lowest BCUT2D eigenvalue weighted by Gasteiger charge is -2.15. The standard InChI is InChI=1S/C18H20N2O4/c1-12-4-5-14-13(11-18(23)24-15(14)9-12)10-16(21)19-6-8-20-7-2-3-17(20)22/h4-5,9,11H,2-3,6-8,10H2,1H3,(H,19,21). The van der Waals surface area contributed by atoms with Crippen LogP contribution in [-0.4, -0.2) is 36.3 Å². The van der Waals surface area contributed by atoms with E-state index in [1.165, 1.54) is 6.07 Å². The van der Waals surface area contributed by atoms with Gasteiger partial charge in [0, 0.05) is 37.5 Å². The number of benzene rings is 1. The zero-order chi connectivity index (χ0) is 17.1. The zero-order valence-corrected chi connectivity index (χ0v) is 13.6. The topological polar surface area (TPSA) is 79.6 Å². The number of hydrogen-bond donors (Lipinski definition) is 1. The second kappa shape index (κ2) is 6.86. The van der Waals surface area contributed by atoms with Gasteiger partial charge in [-0.2, -0.15) is 0 Å². The van der Waals surface area contributed by atoms with Crippen molar-refractivity contribution in [2.45, 2.75) is 26.2 Å². The van der Waals surface area contributed by atoms with Crippen molar-refractivity contribution in [2.24, 2.45) is 0 Å². The zero-order valence-electron chi connectivity index (χ0n) is 13.6. The molecule has 1 aliphatic heterocycles. The molecular formula is C18H20N2O4. The maximum Gasteiger partial charge on any atom is 0.336 e. The number of carbonyl (C=O) groups is 2. The Morgan fingerprint density at radius 1 is 1.29 bits per heavy atom. The Bertz CT molecular complexity index is 841. The lowest BCUT2D eigenvalue weighted by Crippen LogP contribution is -2.36. The number of rotatable bonds is 5. The molecule has 0 spiro atoms. The SMILES string of the molecule is Cc1ccc2c(CC(=O)NCCN3CCCC3=O)cc(=O)oc2c1. The van der Waals surface area contributed by atoms with Gasteiger partial charge in [-0.05, 0) is 30.5 Å². The van der Waals surface area contributed by atoms with Crippen LogP contribution in [-0.2, 0) is 16.0 Å². The molecule has 24 heavy (non-hydrogen) atoms. The van der Waals surface area contributed by atoms with Gasteiger partial charge in [0.25, 0.3) is 0 Å². The molecule has 6 nitrogen and oxygen atoms in total.